The van der Waals surface area contributed by atoms with Crippen molar-refractivity contribution in [3.63, 3.8) is 0 Å². The van der Waals surface area contributed by atoms with Crippen molar-refractivity contribution in [3.8, 4) is 5.75 Å². The molecule has 1 heterocycles. The predicted molar refractivity (Wildman–Crippen MR) is 83.1 cm³/mol. The molecule has 1 atom stereocenters. The van der Waals surface area contributed by atoms with Crippen LogP contribution >= 0.6 is 0 Å². The minimum atomic E-state index is -0.187. The molecule has 2 aromatic rings. The Morgan fingerprint density at radius 1 is 1.10 bits per heavy atom. The minimum absolute atomic E-state index is 0.187. The molecule has 112 valence electrons. The van der Waals surface area contributed by atoms with Gasteiger partial charge in [0.2, 0.25) is 0 Å². The number of hydrogen-bond acceptors (Lipinski definition) is 5. The number of nitrogens with zero attached hydrogens (tertiary/aromatic N) is 2. The molecular formula is C16H22N4O. The van der Waals surface area contributed by atoms with Gasteiger partial charge < -0.3 is 4.74 Å². The fourth-order valence-electron chi connectivity index (χ4n) is 2.52. The molecule has 1 aromatic heterocycles. The molecule has 2 rings (SSSR count). The highest BCUT2D eigenvalue weighted by Gasteiger charge is 2.21. The zero-order chi connectivity index (χ0) is 15.6. The molecule has 21 heavy (non-hydrogen) atoms. The van der Waals surface area contributed by atoms with E-state index >= 15 is 0 Å². The van der Waals surface area contributed by atoms with Gasteiger partial charge in [-0.15, -0.1) is 0 Å². The van der Waals surface area contributed by atoms with E-state index in [0.717, 1.165) is 33.8 Å². The maximum Gasteiger partial charge on any atom is 0.127 e. The molecule has 5 heteroatoms. The lowest BCUT2D eigenvalue weighted by Crippen LogP contribution is -2.30. The van der Waals surface area contributed by atoms with Crippen molar-refractivity contribution in [2.45, 2.75) is 33.7 Å². The Morgan fingerprint density at radius 3 is 2.43 bits per heavy atom. The third-order valence-electron chi connectivity index (χ3n) is 3.84. The van der Waals surface area contributed by atoms with E-state index in [9.17, 15) is 0 Å². The third kappa shape index (κ3) is 2.89. The van der Waals surface area contributed by atoms with Gasteiger partial charge in [-0.1, -0.05) is 12.1 Å². The van der Waals surface area contributed by atoms with Crippen LogP contribution in [0.2, 0.25) is 0 Å². The van der Waals surface area contributed by atoms with Crippen LogP contribution in [-0.2, 0) is 0 Å². The Balaban J connectivity index is 2.62. The summed E-state index contributed by atoms with van der Waals surface area (Å²) in [6, 6.07) is 5.94. The second-order valence-corrected chi connectivity index (χ2v) is 5.26. The van der Waals surface area contributed by atoms with E-state index in [4.69, 9.17) is 10.6 Å². The zero-order valence-electron chi connectivity index (χ0n) is 13.2. The molecule has 0 radical (unpaired) electrons. The first kappa shape index (κ1) is 15.4. The van der Waals surface area contributed by atoms with Gasteiger partial charge in [0.25, 0.3) is 0 Å². The smallest absolute Gasteiger partial charge is 0.127 e. The highest BCUT2D eigenvalue weighted by Crippen LogP contribution is 2.34. The normalized spacial score (nSPS) is 12.3. The van der Waals surface area contributed by atoms with Crippen molar-refractivity contribution < 1.29 is 4.74 Å². The molecule has 0 saturated carbocycles. The van der Waals surface area contributed by atoms with Crippen LogP contribution in [0.4, 0.5) is 0 Å². The number of ether oxygens (including phenoxy) is 1. The quantitative estimate of drug-likeness (QED) is 0.666. The third-order valence-corrected chi connectivity index (χ3v) is 3.84. The molecule has 0 fully saturated rings. The Kier molecular flexibility index (Phi) is 4.55. The van der Waals surface area contributed by atoms with Crippen molar-refractivity contribution in [2.75, 3.05) is 7.11 Å². The predicted octanol–water partition coefficient (Wildman–Crippen LogP) is 2.27. The first-order valence-electron chi connectivity index (χ1n) is 6.90. The van der Waals surface area contributed by atoms with Gasteiger partial charge in [0.15, 0.2) is 0 Å². The highest BCUT2D eigenvalue weighted by atomic mass is 16.5. The van der Waals surface area contributed by atoms with Crippen molar-refractivity contribution >= 4 is 0 Å². The zero-order valence-corrected chi connectivity index (χ0v) is 13.2. The standard InChI is InChI=1S/C16H22N4O/c1-9-6-7-13(16(21-5)11(9)3)15(18-17)14-8-10(2)19-20-12(14)4/h6-8,15,18H,17H2,1-5H3. The molecule has 0 aliphatic rings. The summed E-state index contributed by atoms with van der Waals surface area (Å²) in [6.45, 7) is 7.96. The SMILES string of the molecule is COc1c(C(NN)c2cc(C)nnc2C)ccc(C)c1C. The molecule has 1 unspecified atom stereocenters. The number of nitrogens with one attached hydrogen (secondary N) is 1. The lowest BCUT2D eigenvalue weighted by molar-refractivity contribution is 0.400. The van der Waals surface area contributed by atoms with Gasteiger partial charge in [-0.25, -0.2) is 5.43 Å². The summed E-state index contributed by atoms with van der Waals surface area (Å²) < 4.78 is 5.60. The minimum Gasteiger partial charge on any atom is -0.496 e. The van der Waals surface area contributed by atoms with E-state index < -0.39 is 0 Å². The second kappa shape index (κ2) is 6.20. The highest BCUT2D eigenvalue weighted by molar-refractivity contribution is 5.50. The first-order valence-corrected chi connectivity index (χ1v) is 6.90. The van der Waals surface area contributed by atoms with Gasteiger partial charge in [-0.2, -0.15) is 10.2 Å². The maximum atomic E-state index is 5.81. The maximum absolute atomic E-state index is 5.81. The fraction of sp³-hybridized carbons (Fsp3) is 0.375. The second-order valence-electron chi connectivity index (χ2n) is 5.26. The summed E-state index contributed by atoms with van der Waals surface area (Å²) in [5, 5.41) is 8.26. The molecule has 0 amide bonds. The van der Waals surface area contributed by atoms with Crippen LogP contribution in [-0.4, -0.2) is 17.3 Å². The number of aryl methyl sites for hydroxylation is 3. The van der Waals surface area contributed by atoms with Gasteiger partial charge in [-0.3, -0.25) is 5.84 Å². The Hall–Kier alpha value is -1.98. The Bertz CT molecular complexity index is 655. The van der Waals surface area contributed by atoms with Crippen LogP contribution in [0.15, 0.2) is 18.2 Å². The summed E-state index contributed by atoms with van der Waals surface area (Å²) in [6.07, 6.45) is 0. The first-order chi connectivity index (χ1) is 9.99. The van der Waals surface area contributed by atoms with E-state index in [1.54, 1.807) is 7.11 Å². The Morgan fingerprint density at radius 2 is 1.81 bits per heavy atom. The number of benzene rings is 1. The van der Waals surface area contributed by atoms with Crippen LogP contribution in [0.25, 0.3) is 0 Å². The van der Waals surface area contributed by atoms with Gasteiger partial charge in [0, 0.05) is 5.56 Å². The fourth-order valence-corrected chi connectivity index (χ4v) is 2.52. The molecule has 3 N–H and O–H groups in total. The average Bonchev–Trinajstić information content (AvgIpc) is 2.47. The van der Waals surface area contributed by atoms with Gasteiger partial charge in [0.05, 0.1) is 24.5 Å². The number of nitrogens with two attached hydrogens (primary N) is 1. The van der Waals surface area contributed by atoms with Crippen LogP contribution in [0, 0.1) is 27.7 Å². The van der Waals surface area contributed by atoms with Gasteiger partial charge in [-0.05, 0) is 50.5 Å². The molecule has 5 nitrogen and oxygen atoms in total. The van der Waals surface area contributed by atoms with Crippen LogP contribution < -0.4 is 16.0 Å². The van der Waals surface area contributed by atoms with Crippen LogP contribution in [0.3, 0.4) is 0 Å². The monoisotopic (exact) mass is 286 g/mol. The van der Waals surface area contributed by atoms with E-state index in [0.29, 0.717) is 0 Å². The molecule has 0 aliphatic carbocycles. The molecule has 0 saturated heterocycles. The summed E-state index contributed by atoms with van der Waals surface area (Å²) in [4.78, 5) is 0. The van der Waals surface area contributed by atoms with E-state index in [1.165, 1.54) is 5.56 Å². The lowest BCUT2D eigenvalue weighted by Gasteiger charge is -2.22. The Labute approximate surface area is 125 Å². The van der Waals surface area contributed by atoms with E-state index in [1.807, 2.05) is 32.9 Å². The van der Waals surface area contributed by atoms with Crippen molar-refractivity contribution in [1.82, 2.24) is 15.6 Å². The molecule has 0 aliphatic heterocycles. The molecule has 0 spiro atoms. The number of aromatic nitrogens is 2. The van der Waals surface area contributed by atoms with Crippen molar-refractivity contribution in [3.05, 3.63) is 51.8 Å². The van der Waals surface area contributed by atoms with Gasteiger partial charge in [0.1, 0.15) is 5.75 Å². The average molecular weight is 286 g/mol. The lowest BCUT2D eigenvalue weighted by atomic mass is 9.94. The molecule has 0 bridgehead atoms. The summed E-state index contributed by atoms with van der Waals surface area (Å²) >= 11 is 0. The van der Waals surface area contributed by atoms with Crippen molar-refractivity contribution in [2.24, 2.45) is 5.84 Å². The number of hydrogen-bond donors (Lipinski definition) is 2. The summed E-state index contributed by atoms with van der Waals surface area (Å²) in [7, 11) is 1.68. The van der Waals surface area contributed by atoms with Crippen molar-refractivity contribution in [1.29, 1.82) is 0 Å². The largest absolute Gasteiger partial charge is 0.496 e. The van der Waals surface area contributed by atoms with Crippen LogP contribution in [0.5, 0.6) is 5.75 Å². The summed E-state index contributed by atoms with van der Waals surface area (Å²) in [5.41, 5.74) is 8.90. The molecule has 1 aromatic carbocycles. The molecular weight excluding hydrogens is 264 g/mol. The summed E-state index contributed by atoms with van der Waals surface area (Å²) in [5.74, 6) is 6.67. The van der Waals surface area contributed by atoms with Crippen LogP contribution in [0.1, 0.15) is 39.7 Å². The number of hydrazine groups is 1. The number of methoxy groups -OCH3 is 1. The number of rotatable bonds is 4. The van der Waals surface area contributed by atoms with E-state index in [2.05, 4.69) is 28.6 Å². The van der Waals surface area contributed by atoms with Gasteiger partial charge >= 0.3 is 0 Å². The topological polar surface area (TPSA) is 73.1 Å². The van der Waals surface area contributed by atoms with E-state index in [-0.39, 0.29) is 6.04 Å².